The SMILES string of the molecule is C=CCOC(=O)c1sc(N2C(=O)C(=O)/C(=C(/O)c3ccc(OCC=C)cc3)C2c2cccc(Oc3ccccc3)c2)nc1C. The molecule has 10 heteroatoms. The molecule has 3 aromatic carbocycles. The summed E-state index contributed by atoms with van der Waals surface area (Å²) in [6, 6.07) is 21.4. The Morgan fingerprint density at radius 2 is 1.66 bits per heavy atom. The molecule has 0 radical (unpaired) electrons. The largest absolute Gasteiger partial charge is 0.507 e. The molecule has 0 bridgehead atoms. The van der Waals surface area contributed by atoms with Crippen molar-refractivity contribution in [2.24, 2.45) is 0 Å². The summed E-state index contributed by atoms with van der Waals surface area (Å²) >= 11 is 0.918. The highest BCUT2D eigenvalue weighted by Gasteiger charge is 2.48. The fourth-order valence-electron chi connectivity index (χ4n) is 4.61. The van der Waals surface area contributed by atoms with Crippen LogP contribution in [0.3, 0.4) is 0 Å². The number of anilines is 1. The summed E-state index contributed by atoms with van der Waals surface area (Å²) in [7, 11) is 0. The van der Waals surface area contributed by atoms with E-state index in [-0.39, 0.29) is 27.9 Å². The maximum absolute atomic E-state index is 13.7. The van der Waals surface area contributed by atoms with Crippen molar-refractivity contribution in [3.63, 3.8) is 0 Å². The molecule has 1 saturated heterocycles. The van der Waals surface area contributed by atoms with E-state index in [1.165, 1.54) is 11.0 Å². The molecule has 5 rings (SSSR count). The number of amides is 1. The second-order valence-electron chi connectivity index (χ2n) is 9.58. The number of Topliss-reactive ketones (excluding diaryl/α,β-unsaturated/α-hetero) is 1. The van der Waals surface area contributed by atoms with E-state index in [2.05, 4.69) is 18.1 Å². The van der Waals surface area contributed by atoms with Gasteiger partial charge in [-0.25, -0.2) is 9.78 Å². The van der Waals surface area contributed by atoms with Gasteiger partial charge in [0.15, 0.2) is 5.13 Å². The number of ether oxygens (including phenoxy) is 3. The van der Waals surface area contributed by atoms with Crippen molar-refractivity contribution in [2.45, 2.75) is 13.0 Å². The number of rotatable bonds is 11. The number of aliphatic hydroxyl groups is 1. The monoisotopic (exact) mass is 608 g/mol. The summed E-state index contributed by atoms with van der Waals surface area (Å²) in [6.07, 6.45) is 3.05. The first-order chi connectivity index (χ1) is 21.3. The summed E-state index contributed by atoms with van der Waals surface area (Å²) in [5, 5.41) is 11.6. The lowest BCUT2D eigenvalue weighted by molar-refractivity contribution is -0.132. The van der Waals surface area contributed by atoms with Crippen LogP contribution in [-0.4, -0.2) is 41.0 Å². The van der Waals surface area contributed by atoms with E-state index in [9.17, 15) is 19.5 Å². The second kappa shape index (κ2) is 13.2. The van der Waals surface area contributed by atoms with Gasteiger partial charge in [0.2, 0.25) is 0 Å². The van der Waals surface area contributed by atoms with Crippen molar-refractivity contribution >= 4 is 39.9 Å². The van der Waals surface area contributed by atoms with E-state index in [0.29, 0.717) is 40.7 Å². The highest BCUT2D eigenvalue weighted by molar-refractivity contribution is 7.17. The smallest absolute Gasteiger partial charge is 0.350 e. The number of aryl methyl sites for hydroxylation is 1. The molecule has 0 saturated carbocycles. The van der Waals surface area contributed by atoms with Gasteiger partial charge in [0.25, 0.3) is 5.78 Å². The Hall–Kier alpha value is -5.48. The number of hydrogen-bond donors (Lipinski definition) is 1. The Balaban J connectivity index is 1.62. The second-order valence-corrected chi connectivity index (χ2v) is 10.6. The van der Waals surface area contributed by atoms with Crippen LogP contribution >= 0.6 is 11.3 Å². The van der Waals surface area contributed by atoms with Gasteiger partial charge in [0.1, 0.15) is 41.1 Å². The number of ketones is 1. The van der Waals surface area contributed by atoms with E-state index in [0.717, 1.165) is 11.3 Å². The van der Waals surface area contributed by atoms with Gasteiger partial charge in [-0.3, -0.25) is 14.5 Å². The molecule has 1 unspecified atom stereocenters. The topological polar surface area (TPSA) is 115 Å². The zero-order chi connectivity index (χ0) is 31.2. The maximum Gasteiger partial charge on any atom is 0.350 e. The fourth-order valence-corrected chi connectivity index (χ4v) is 5.60. The van der Waals surface area contributed by atoms with Crippen molar-refractivity contribution in [3.8, 4) is 17.2 Å². The number of thiazole rings is 1. The average Bonchev–Trinajstić information content (AvgIpc) is 3.55. The molecule has 2 heterocycles. The summed E-state index contributed by atoms with van der Waals surface area (Å²) in [6.45, 7) is 9.09. The number of hydrogen-bond acceptors (Lipinski definition) is 9. The number of aliphatic hydroxyl groups excluding tert-OH is 1. The zero-order valence-electron chi connectivity index (χ0n) is 23.8. The molecular weight excluding hydrogens is 580 g/mol. The molecular formula is C34H28N2O7S. The first-order valence-corrected chi connectivity index (χ1v) is 14.4. The Labute approximate surface area is 258 Å². The minimum absolute atomic E-state index is 0.00163. The van der Waals surface area contributed by atoms with Crippen LogP contribution in [0.2, 0.25) is 0 Å². The van der Waals surface area contributed by atoms with Crippen molar-refractivity contribution < 1.29 is 33.7 Å². The van der Waals surface area contributed by atoms with Gasteiger partial charge in [-0.1, -0.05) is 67.0 Å². The van der Waals surface area contributed by atoms with E-state index in [4.69, 9.17) is 14.2 Å². The number of aromatic nitrogens is 1. The predicted molar refractivity (Wildman–Crippen MR) is 167 cm³/mol. The molecule has 222 valence electrons. The van der Waals surface area contributed by atoms with Gasteiger partial charge in [0.05, 0.1) is 17.3 Å². The van der Waals surface area contributed by atoms with E-state index in [1.807, 2.05) is 18.2 Å². The number of esters is 1. The third kappa shape index (κ3) is 6.16. The quantitative estimate of drug-likeness (QED) is 0.0652. The first kappa shape index (κ1) is 30.0. The van der Waals surface area contributed by atoms with Gasteiger partial charge in [0, 0.05) is 5.56 Å². The predicted octanol–water partition coefficient (Wildman–Crippen LogP) is 6.78. The summed E-state index contributed by atoms with van der Waals surface area (Å²) in [4.78, 5) is 45.8. The molecule has 1 aliphatic rings. The van der Waals surface area contributed by atoms with Crippen molar-refractivity contribution in [2.75, 3.05) is 18.1 Å². The Morgan fingerprint density at radius 1 is 0.955 bits per heavy atom. The molecule has 9 nitrogen and oxygen atoms in total. The molecule has 0 spiro atoms. The molecule has 4 aromatic rings. The zero-order valence-corrected chi connectivity index (χ0v) is 24.6. The maximum atomic E-state index is 13.7. The molecule has 1 atom stereocenters. The Bertz CT molecular complexity index is 1760. The lowest BCUT2D eigenvalue weighted by Crippen LogP contribution is -2.29. The molecule has 44 heavy (non-hydrogen) atoms. The normalized spacial score (nSPS) is 15.6. The minimum Gasteiger partial charge on any atom is -0.507 e. The number of para-hydroxylation sites is 1. The van der Waals surface area contributed by atoms with Crippen LogP contribution in [0.25, 0.3) is 5.76 Å². The molecule has 1 amide bonds. The van der Waals surface area contributed by atoms with Crippen LogP contribution < -0.4 is 14.4 Å². The van der Waals surface area contributed by atoms with Crippen LogP contribution in [0.1, 0.15) is 32.5 Å². The highest BCUT2D eigenvalue weighted by atomic mass is 32.1. The first-order valence-electron chi connectivity index (χ1n) is 13.6. The fraction of sp³-hybridized carbons (Fsp3) is 0.118. The van der Waals surface area contributed by atoms with Gasteiger partial charge in [-0.05, 0) is 61.0 Å². The lowest BCUT2D eigenvalue weighted by atomic mass is 9.95. The number of carbonyl (C=O) groups excluding carboxylic acids is 3. The van der Waals surface area contributed by atoms with Crippen molar-refractivity contribution in [1.29, 1.82) is 0 Å². The van der Waals surface area contributed by atoms with E-state index in [1.54, 1.807) is 73.7 Å². The summed E-state index contributed by atoms with van der Waals surface area (Å²) < 4.78 is 16.7. The molecule has 0 aliphatic carbocycles. The van der Waals surface area contributed by atoms with Crippen LogP contribution in [-0.2, 0) is 14.3 Å². The Kier molecular flexibility index (Phi) is 9.01. The van der Waals surface area contributed by atoms with E-state index >= 15 is 0 Å². The minimum atomic E-state index is -1.09. The standard InChI is InChI=1S/C34H28N2O7S/c1-4-18-41-24-16-14-22(15-17-24)29(37)27-28(23-10-9-13-26(20-23)43-25-11-7-6-8-12-25)36(32(39)30(27)38)34-35-21(3)31(44-34)33(40)42-19-5-2/h4-17,20,28,37H,1-2,18-19H2,3H3/b29-27+. The van der Waals surface area contributed by atoms with E-state index < -0.39 is 23.7 Å². The van der Waals surface area contributed by atoms with Crippen LogP contribution in [0.15, 0.2) is 110 Å². The number of benzene rings is 3. The number of nitrogens with zero attached hydrogens (tertiary/aromatic N) is 2. The Morgan fingerprint density at radius 3 is 2.36 bits per heavy atom. The highest BCUT2D eigenvalue weighted by Crippen LogP contribution is 2.44. The van der Waals surface area contributed by atoms with Crippen LogP contribution in [0, 0.1) is 6.92 Å². The lowest BCUT2D eigenvalue weighted by Gasteiger charge is -2.23. The summed E-state index contributed by atoms with van der Waals surface area (Å²) in [5.41, 5.74) is 0.972. The van der Waals surface area contributed by atoms with Gasteiger partial charge in [-0.2, -0.15) is 0 Å². The van der Waals surface area contributed by atoms with Gasteiger partial charge >= 0.3 is 11.9 Å². The third-order valence-corrected chi connectivity index (χ3v) is 7.74. The van der Waals surface area contributed by atoms with Crippen molar-refractivity contribution in [1.82, 2.24) is 4.98 Å². The average molecular weight is 609 g/mol. The molecule has 1 fully saturated rings. The number of carbonyl (C=O) groups is 3. The van der Waals surface area contributed by atoms with Crippen LogP contribution in [0.4, 0.5) is 5.13 Å². The summed E-state index contributed by atoms with van der Waals surface area (Å²) in [5.74, 6) is -1.23. The van der Waals surface area contributed by atoms with Crippen molar-refractivity contribution in [3.05, 3.63) is 131 Å². The van der Waals surface area contributed by atoms with Crippen LogP contribution in [0.5, 0.6) is 17.2 Å². The third-order valence-electron chi connectivity index (χ3n) is 6.60. The molecule has 1 aromatic heterocycles. The van der Waals surface area contributed by atoms with Gasteiger partial charge < -0.3 is 19.3 Å². The van der Waals surface area contributed by atoms with Gasteiger partial charge in [-0.15, -0.1) is 0 Å². The molecule has 1 N–H and O–H groups in total. The molecule has 1 aliphatic heterocycles.